The Balaban J connectivity index is 2.06. The van der Waals surface area contributed by atoms with Gasteiger partial charge in [-0.15, -0.1) is 0 Å². The predicted octanol–water partition coefficient (Wildman–Crippen LogP) is 1.08. The number of carbonyl (C=O) groups excluding carboxylic acids is 1. The SMILES string of the molecule is Cc1[nH]ncc1CNC(=O)c1n[nH]c(C(C)C)c1N. The summed E-state index contributed by atoms with van der Waals surface area (Å²) in [6.45, 7) is 6.26. The lowest BCUT2D eigenvalue weighted by atomic mass is 10.1. The number of aromatic nitrogens is 4. The quantitative estimate of drug-likeness (QED) is 0.660. The molecule has 2 heterocycles. The van der Waals surface area contributed by atoms with E-state index in [4.69, 9.17) is 5.73 Å². The van der Waals surface area contributed by atoms with Crippen LogP contribution < -0.4 is 11.1 Å². The van der Waals surface area contributed by atoms with Gasteiger partial charge in [0, 0.05) is 17.8 Å². The Morgan fingerprint density at radius 3 is 2.74 bits per heavy atom. The number of aryl methyl sites for hydroxylation is 1. The topological polar surface area (TPSA) is 112 Å². The number of nitrogen functional groups attached to an aromatic ring is 1. The molecular formula is C12H18N6O. The summed E-state index contributed by atoms with van der Waals surface area (Å²) in [6.07, 6.45) is 1.68. The van der Waals surface area contributed by atoms with Crippen molar-refractivity contribution in [2.24, 2.45) is 0 Å². The van der Waals surface area contributed by atoms with Crippen LogP contribution in [0.15, 0.2) is 6.20 Å². The van der Waals surface area contributed by atoms with Crippen LogP contribution in [-0.2, 0) is 6.54 Å². The molecule has 0 aliphatic carbocycles. The summed E-state index contributed by atoms with van der Waals surface area (Å²) in [5.74, 6) is -0.0913. The molecule has 0 atom stereocenters. The van der Waals surface area contributed by atoms with Gasteiger partial charge >= 0.3 is 0 Å². The highest BCUT2D eigenvalue weighted by atomic mass is 16.1. The summed E-state index contributed by atoms with van der Waals surface area (Å²) in [5.41, 5.74) is 9.21. The van der Waals surface area contributed by atoms with Crippen molar-refractivity contribution in [3.63, 3.8) is 0 Å². The first kappa shape index (κ1) is 13.1. The van der Waals surface area contributed by atoms with E-state index in [0.29, 0.717) is 12.2 Å². The van der Waals surface area contributed by atoms with Crippen LogP contribution in [0, 0.1) is 6.92 Å². The molecular weight excluding hydrogens is 244 g/mol. The average molecular weight is 262 g/mol. The predicted molar refractivity (Wildman–Crippen MR) is 71.6 cm³/mol. The Labute approximate surface area is 111 Å². The van der Waals surface area contributed by atoms with Gasteiger partial charge in [-0.05, 0) is 12.8 Å². The van der Waals surface area contributed by atoms with Gasteiger partial charge in [0.25, 0.3) is 5.91 Å². The van der Waals surface area contributed by atoms with E-state index in [2.05, 4.69) is 25.7 Å². The zero-order valence-corrected chi connectivity index (χ0v) is 11.2. The van der Waals surface area contributed by atoms with Gasteiger partial charge in [-0.3, -0.25) is 15.0 Å². The molecule has 102 valence electrons. The molecule has 0 bridgehead atoms. The van der Waals surface area contributed by atoms with Gasteiger partial charge in [0.15, 0.2) is 5.69 Å². The third kappa shape index (κ3) is 2.59. The van der Waals surface area contributed by atoms with Crippen molar-refractivity contribution < 1.29 is 4.79 Å². The van der Waals surface area contributed by atoms with E-state index in [1.807, 2.05) is 20.8 Å². The van der Waals surface area contributed by atoms with Crippen LogP contribution >= 0.6 is 0 Å². The van der Waals surface area contributed by atoms with Crippen molar-refractivity contribution in [2.45, 2.75) is 33.2 Å². The lowest BCUT2D eigenvalue weighted by Crippen LogP contribution is -2.24. The minimum Gasteiger partial charge on any atom is -0.395 e. The van der Waals surface area contributed by atoms with Crippen LogP contribution in [0.1, 0.15) is 47.2 Å². The van der Waals surface area contributed by atoms with Gasteiger partial charge in [-0.2, -0.15) is 10.2 Å². The molecule has 0 aromatic carbocycles. The van der Waals surface area contributed by atoms with Gasteiger partial charge in [0.05, 0.1) is 17.6 Å². The third-order valence-corrected chi connectivity index (χ3v) is 3.00. The third-order valence-electron chi connectivity index (χ3n) is 3.00. The summed E-state index contributed by atoms with van der Waals surface area (Å²) in [6, 6.07) is 0. The van der Waals surface area contributed by atoms with Crippen molar-refractivity contribution >= 4 is 11.6 Å². The molecule has 0 radical (unpaired) electrons. The zero-order chi connectivity index (χ0) is 14.0. The molecule has 5 N–H and O–H groups in total. The molecule has 2 aromatic heterocycles. The second-order valence-corrected chi connectivity index (χ2v) is 4.76. The number of hydrogen-bond acceptors (Lipinski definition) is 4. The van der Waals surface area contributed by atoms with E-state index in [-0.39, 0.29) is 17.5 Å². The van der Waals surface area contributed by atoms with Crippen LogP contribution in [0.5, 0.6) is 0 Å². The van der Waals surface area contributed by atoms with Crippen molar-refractivity contribution in [3.8, 4) is 0 Å². The van der Waals surface area contributed by atoms with Gasteiger partial charge in [0.2, 0.25) is 0 Å². The van der Waals surface area contributed by atoms with E-state index >= 15 is 0 Å². The Morgan fingerprint density at radius 1 is 1.47 bits per heavy atom. The van der Waals surface area contributed by atoms with Crippen LogP contribution in [0.3, 0.4) is 0 Å². The number of aromatic amines is 2. The van der Waals surface area contributed by atoms with Crippen molar-refractivity contribution in [2.75, 3.05) is 5.73 Å². The Kier molecular flexibility index (Phi) is 3.55. The fraction of sp³-hybridized carbons (Fsp3) is 0.417. The molecule has 2 rings (SSSR count). The first-order chi connectivity index (χ1) is 9.00. The first-order valence-electron chi connectivity index (χ1n) is 6.11. The number of amides is 1. The summed E-state index contributed by atoms with van der Waals surface area (Å²) in [5, 5.41) is 16.3. The molecule has 19 heavy (non-hydrogen) atoms. The number of nitrogens with two attached hydrogens (primary N) is 1. The molecule has 0 saturated carbocycles. The van der Waals surface area contributed by atoms with Crippen molar-refractivity contribution in [1.82, 2.24) is 25.7 Å². The molecule has 2 aromatic rings. The van der Waals surface area contributed by atoms with E-state index in [0.717, 1.165) is 17.0 Å². The molecule has 7 nitrogen and oxygen atoms in total. The second-order valence-electron chi connectivity index (χ2n) is 4.76. The maximum atomic E-state index is 12.0. The Hall–Kier alpha value is -2.31. The van der Waals surface area contributed by atoms with Gasteiger partial charge < -0.3 is 11.1 Å². The number of H-pyrrole nitrogens is 2. The lowest BCUT2D eigenvalue weighted by molar-refractivity contribution is 0.0947. The van der Waals surface area contributed by atoms with Gasteiger partial charge in [0.1, 0.15) is 0 Å². The maximum Gasteiger partial charge on any atom is 0.274 e. The molecule has 0 aliphatic rings. The minimum atomic E-state index is -0.291. The normalized spacial score (nSPS) is 10.9. The van der Waals surface area contributed by atoms with Gasteiger partial charge in [-0.1, -0.05) is 13.8 Å². The lowest BCUT2D eigenvalue weighted by Gasteiger charge is -2.04. The number of nitrogens with zero attached hydrogens (tertiary/aromatic N) is 2. The minimum absolute atomic E-state index is 0.199. The maximum absolute atomic E-state index is 12.0. The average Bonchev–Trinajstić information content (AvgIpc) is 2.92. The molecule has 1 amide bonds. The van der Waals surface area contributed by atoms with E-state index < -0.39 is 0 Å². The number of anilines is 1. The molecule has 0 unspecified atom stereocenters. The fourth-order valence-corrected chi connectivity index (χ4v) is 1.79. The molecule has 0 spiro atoms. The van der Waals surface area contributed by atoms with Crippen LogP contribution in [0.2, 0.25) is 0 Å². The Bertz CT molecular complexity index is 583. The van der Waals surface area contributed by atoms with Crippen molar-refractivity contribution in [1.29, 1.82) is 0 Å². The number of rotatable bonds is 4. The van der Waals surface area contributed by atoms with E-state index in [1.54, 1.807) is 6.20 Å². The smallest absolute Gasteiger partial charge is 0.274 e. The molecule has 7 heteroatoms. The van der Waals surface area contributed by atoms with Crippen LogP contribution in [-0.4, -0.2) is 26.3 Å². The second kappa shape index (κ2) is 5.13. The summed E-state index contributed by atoms with van der Waals surface area (Å²) >= 11 is 0. The largest absolute Gasteiger partial charge is 0.395 e. The van der Waals surface area contributed by atoms with Crippen molar-refractivity contribution in [3.05, 3.63) is 28.8 Å². The Morgan fingerprint density at radius 2 is 2.21 bits per heavy atom. The monoisotopic (exact) mass is 262 g/mol. The summed E-state index contributed by atoms with van der Waals surface area (Å²) < 4.78 is 0. The number of nitrogens with one attached hydrogen (secondary N) is 3. The standard InChI is InChI=1S/C12H18N6O/c1-6(2)10-9(13)11(18-17-10)12(19)14-4-8-5-15-16-7(8)3/h5-6H,4,13H2,1-3H3,(H,14,19)(H,15,16)(H,17,18). The summed E-state index contributed by atoms with van der Waals surface area (Å²) in [4.78, 5) is 12.0. The molecule has 0 saturated heterocycles. The van der Waals surface area contributed by atoms with Crippen LogP contribution in [0.4, 0.5) is 5.69 Å². The molecule has 0 aliphatic heterocycles. The molecule has 0 fully saturated rings. The highest BCUT2D eigenvalue weighted by Gasteiger charge is 2.18. The fourth-order valence-electron chi connectivity index (χ4n) is 1.79. The number of hydrogen-bond donors (Lipinski definition) is 4. The highest BCUT2D eigenvalue weighted by molar-refractivity contribution is 5.97. The summed E-state index contributed by atoms with van der Waals surface area (Å²) in [7, 11) is 0. The first-order valence-corrected chi connectivity index (χ1v) is 6.11. The van der Waals surface area contributed by atoms with Gasteiger partial charge in [-0.25, -0.2) is 0 Å². The zero-order valence-electron chi connectivity index (χ0n) is 11.2. The highest BCUT2D eigenvalue weighted by Crippen LogP contribution is 2.21. The van der Waals surface area contributed by atoms with E-state index in [9.17, 15) is 4.79 Å². The number of carbonyl (C=O) groups is 1. The van der Waals surface area contributed by atoms with Crippen LogP contribution in [0.25, 0.3) is 0 Å². The van der Waals surface area contributed by atoms with E-state index in [1.165, 1.54) is 0 Å².